The number of carbonyl (C=O) groups is 1. The van der Waals surface area contributed by atoms with Gasteiger partial charge in [0.05, 0.1) is 37.9 Å². The summed E-state index contributed by atoms with van der Waals surface area (Å²) in [7, 11) is 1.60. The summed E-state index contributed by atoms with van der Waals surface area (Å²) in [6, 6.07) is 5.46. The van der Waals surface area contributed by atoms with Gasteiger partial charge in [-0.05, 0) is 31.4 Å². The van der Waals surface area contributed by atoms with Crippen molar-refractivity contribution in [2.45, 2.75) is 329 Å². The van der Waals surface area contributed by atoms with Crippen LogP contribution in [-0.2, 0) is 14.2 Å². The average molecular weight is 1030 g/mol. The van der Waals surface area contributed by atoms with E-state index in [4.69, 9.17) is 23.7 Å². The van der Waals surface area contributed by atoms with Gasteiger partial charge in [-0.15, -0.1) is 0 Å². The largest absolute Gasteiger partial charge is 0.496 e. The maximum atomic E-state index is 11.7. The molecule has 0 unspecified atom stereocenters. The number of hydrogen-bond acceptors (Lipinski definition) is 6. The number of benzene rings is 1. The van der Waals surface area contributed by atoms with Crippen molar-refractivity contribution in [2.75, 3.05) is 53.4 Å². The van der Waals surface area contributed by atoms with Gasteiger partial charge in [0, 0.05) is 25.9 Å². The maximum absolute atomic E-state index is 11.7. The Labute approximate surface area is 455 Å². The van der Waals surface area contributed by atoms with Crippen LogP contribution in [0.25, 0.3) is 0 Å². The monoisotopic (exact) mass is 1030 g/mol. The minimum atomic E-state index is -0.449. The molecule has 0 saturated heterocycles. The minimum absolute atomic E-state index is 0.410. The highest BCUT2D eigenvalue weighted by Crippen LogP contribution is 2.28. The number of ether oxygens (including phenoxy) is 5. The van der Waals surface area contributed by atoms with Crippen LogP contribution in [0.15, 0.2) is 18.2 Å². The molecular weight excluding hydrogens is 901 g/mol. The average Bonchev–Trinajstić information content (AvgIpc) is 3.41. The molecule has 6 heteroatoms. The molecule has 1 aromatic carbocycles. The molecule has 1 rings (SSSR count). The lowest BCUT2D eigenvalue weighted by Crippen LogP contribution is -2.43. The number of aldehydes is 1. The van der Waals surface area contributed by atoms with Crippen molar-refractivity contribution in [1.29, 1.82) is 0 Å². The summed E-state index contributed by atoms with van der Waals surface area (Å²) in [6.07, 6.45) is 66.3. The van der Waals surface area contributed by atoms with Crippen LogP contribution in [0, 0.1) is 5.41 Å². The zero-order valence-electron chi connectivity index (χ0n) is 49.6. The van der Waals surface area contributed by atoms with Crippen LogP contribution in [-0.4, -0.2) is 59.6 Å². The van der Waals surface area contributed by atoms with Gasteiger partial charge in [-0.1, -0.05) is 310 Å². The van der Waals surface area contributed by atoms with Gasteiger partial charge in [0.1, 0.15) is 18.1 Å². The molecule has 6 nitrogen and oxygen atoms in total. The van der Waals surface area contributed by atoms with Gasteiger partial charge in [0.2, 0.25) is 0 Å². The quantitative estimate of drug-likeness (QED) is 0.0479. The molecule has 1 aromatic rings. The Morgan fingerprint density at radius 3 is 0.822 bits per heavy atom. The third kappa shape index (κ3) is 46.2. The molecule has 0 spiro atoms. The van der Waals surface area contributed by atoms with Gasteiger partial charge < -0.3 is 23.7 Å². The Bertz CT molecular complexity index is 1140. The number of hydrogen-bond donors (Lipinski definition) is 0. The first-order valence-electron chi connectivity index (χ1n) is 32.6. The standard InChI is InChI=1S/C67H126O6/c1-5-8-11-14-17-20-23-26-29-32-35-38-41-44-47-50-55-70-60-67(63-73-65-54-53-64(59-68)66(58-65)69-4,61-71-56-51-48-45-42-39-36-33-30-27-24-21-18-15-12-9-6-2)62-72-57-52-49-46-43-40-37-34-31-28-25-22-19-16-13-10-7-3/h53-54,58-59H,5-52,55-57,60-63H2,1-4H3. The van der Waals surface area contributed by atoms with Crippen LogP contribution in [0.2, 0.25) is 0 Å². The second-order valence-electron chi connectivity index (χ2n) is 22.9. The number of rotatable bonds is 62. The predicted molar refractivity (Wildman–Crippen MR) is 317 cm³/mol. The number of carbonyl (C=O) groups excluding carboxylic acids is 1. The highest BCUT2D eigenvalue weighted by molar-refractivity contribution is 5.79. The summed E-state index contributed by atoms with van der Waals surface area (Å²) in [5.74, 6) is 1.21. The first-order valence-corrected chi connectivity index (χ1v) is 32.6. The first kappa shape index (κ1) is 69.4. The summed E-state index contributed by atoms with van der Waals surface area (Å²) >= 11 is 0. The molecule has 0 fully saturated rings. The summed E-state index contributed by atoms with van der Waals surface area (Å²) < 4.78 is 31.7. The van der Waals surface area contributed by atoms with Crippen molar-refractivity contribution in [3.05, 3.63) is 23.8 Å². The Kier molecular flexibility index (Phi) is 53.8. The highest BCUT2D eigenvalue weighted by Gasteiger charge is 2.33. The fourth-order valence-corrected chi connectivity index (χ4v) is 10.5. The lowest BCUT2D eigenvalue weighted by molar-refractivity contribution is -0.0893. The topological polar surface area (TPSA) is 63.2 Å². The summed E-state index contributed by atoms with van der Waals surface area (Å²) in [6.45, 7) is 11.2. The van der Waals surface area contributed by atoms with E-state index in [1.807, 2.05) is 12.1 Å². The Hall–Kier alpha value is -1.63. The second-order valence-corrected chi connectivity index (χ2v) is 22.9. The third-order valence-electron chi connectivity index (χ3n) is 15.5. The van der Waals surface area contributed by atoms with Crippen LogP contribution < -0.4 is 9.47 Å². The molecule has 0 radical (unpaired) electrons. The molecule has 0 N–H and O–H groups in total. The lowest BCUT2D eigenvalue weighted by Gasteiger charge is -2.33. The van der Waals surface area contributed by atoms with Crippen LogP contribution in [0.5, 0.6) is 11.5 Å². The Balaban J connectivity index is 2.61. The highest BCUT2D eigenvalue weighted by atomic mass is 16.5. The minimum Gasteiger partial charge on any atom is -0.496 e. The molecule has 0 bridgehead atoms. The third-order valence-corrected chi connectivity index (χ3v) is 15.5. The van der Waals surface area contributed by atoms with Crippen molar-refractivity contribution >= 4 is 6.29 Å². The van der Waals surface area contributed by atoms with Crippen LogP contribution in [0.3, 0.4) is 0 Å². The molecule has 0 amide bonds. The molecule has 0 aliphatic rings. The SMILES string of the molecule is CCCCCCCCCCCCCCCCCCOCC(COCCCCCCCCCCCCCCCCCC)(COCCCCCCCCCCCCCCCCCC)COc1ccc(C=O)c(OC)c1. The van der Waals surface area contributed by atoms with Gasteiger partial charge in [0.25, 0.3) is 0 Å². The molecular formula is C67H126O6. The van der Waals surface area contributed by atoms with Crippen LogP contribution >= 0.6 is 0 Å². The van der Waals surface area contributed by atoms with E-state index in [-0.39, 0.29) is 0 Å². The van der Waals surface area contributed by atoms with E-state index in [0.717, 1.165) is 45.4 Å². The zero-order chi connectivity index (χ0) is 52.5. The van der Waals surface area contributed by atoms with Crippen molar-refractivity contribution in [3.8, 4) is 11.5 Å². The molecule has 430 valence electrons. The summed E-state index contributed by atoms with van der Waals surface area (Å²) in [5.41, 5.74) is 0.0722. The van der Waals surface area contributed by atoms with E-state index in [1.165, 1.54) is 289 Å². The molecule has 0 saturated carbocycles. The normalized spacial score (nSPS) is 11.8. The number of methoxy groups -OCH3 is 1. The van der Waals surface area contributed by atoms with Gasteiger partial charge in [0.15, 0.2) is 6.29 Å². The summed E-state index contributed by atoms with van der Waals surface area (Å²) in [4.78, 5) is 11.7. The van der Waals surface area contributed by atoms with E-state index in [1.54, 1.807) is 13.2 Å². The second kappa shape index (κ2) is 56.6. The smallest absolute Gasteiger partial charge is 0.153 e. The predicted octanol–water partition coefficient (Wildman–Crippen LogP) is 21.7. The molecule has 0 aromatic heterocycles. The molecule has 0 heterocycles. The fourth-order valence-electron chi connectivity index (χ4n) is 10.5. The Morgan fingerprint density at radius 2 is 0.589 bits per heavy atom. The molecule has 73 heavy (non-hydrogen) atoms. The Morgan fingerprint density at radius 1 is 0.342 bits per heavy atom. The zero-order valence-corrected chi connectivity index (χ0v) is 49.6. The van der Waals surface area contributed by atoms with Gasteiger partial charge >= 0.3 is 0 Å². The number of unbranched alkanes of at least 4 members (excludes halogenated alkanes) is 45. The van der Waals surface area contributed by atoms with Crippen molar-refractivity contribution in [1.82, 2.24) is 0 Å². The van der Waals surface area contributed by atoms with E-state index >= 15 is 0 Å². The van der Waals surface area contributed by atoms with E-state index < -0.39 is 5.41 Å². The van der Waals surface area contributed by atoms with E-state index in [0.29, 0.717) is 43.5 Å². The fraction of sp³-hybridized carbons (Fsp3) is 0.896. The molecule has 0 aliphatic carbocycles. The van der Waals surface area contributed by atoms with Crippen molar-refractivity contribution < 1.29 is 28.5 Å². The van der Waals surface area contributed by atoms with Crippen molar-refractivity contribution in [3.63, 3.8) is 0 Å². The van der Waals surface area contributed by atoms with Crippen molar-refractivity contribution in [2.24, 2.45) is 5.41 Å². The molecule has 0 atom stereocenters. The first-order chi connectivity index (χ1) is 36.1. The van der Waals surface area contributed by atoms with Gasteiger partial charge in [-0.25, -0.2) is 0 Å². The maximum Gasteiger partial charge on any atom is 0.153 e. The van der Waals surface area contributed by atoms with Gasteiger partial charge in [-0.3, -0.25) is 4.79 Å². The summed E-state index contributed by atoms with van der Waals surface area (Å²) in [5, 5.41) is 0. The van der Waals surface area contributed by atoms with Gasteiger partial charge in [-0.2, -0.15) is 0 Å². The van der Waals surface area contributed by atoms with Crippen LogP contribution in [0.4, 0.5) is 0 Å². The lowest BCUT2D eigenvalue weighted by atomic mass is 9.92. The molecule has 0 aliphatic heterocycles. The van der Waals surface area contributed by atoms with Crippen LogP contribution in [0.1, 0.15) is 339 Å². The van der Waals surface area contributed by atoms with E-state index in [2.05, 4.69) is 20.8 Å². The van der Waals surface area contributed by atoms with E-state index in [9.17, 15) is 4.79 Å².